The third-order valence-corrected chi connectivity index (χ3v) is 9.17. The number of hydrogen-bond donors (Lipinski definition) is 4. The Kier molecular flexibility index (Phi) is 7.73. The summed E-state index contributed by atoms with van der Waals surface area (Å²) in [6.07, 6.45) is 6.92. The number of carbonyl (C=O) groups excluding carboxylic acids is 4. The van der Waals surface area contributed by atoms with Crippen LogP contribution in [-0.4, -0.2) is 77.2 Å². The van der Waals surface area contributed by atoms with E-state index in [-0.39, 0.29) is 11.9 Å². The SMILES string of the molecule is CC(C1CCC2(CC1)OC(=O)C(=NNc1ncn[nH]1)C(=O)O2)C(C)C1CCC2(CC1)OC(=O)C(=NNc1ncn[nH]1)C(=O)O2. The maximum atomic E-state index is 12.6. The molecule has 4 aliphatic rings. The number of hydrazone groups is 2. The first-order valence-corrected chi connectivity index (χ1v) is 14.5. The number of H-pyrrole nitrogens is 2. The summed E-state index contributed by atoms with van der Waals surface area (Å²) in [7, 11) is 0. The molecule has 44 heavy (non-hydrogen) atoms. The minimum atomic E-state index is -1.29. The fourth-order valence-electron chi connectivity index (χ4n) is 6.47. The largest absolute Gasteiger partial charge is 0.417 e. The molecule has 2 aliphatic heterocycles. The number of anilines is 2. The molecule has 0 bridgehead atoms. The lowest BCUT2D eigenvalue weighted by Gasteiger charge is -2.45. The molecule has 234 valence electrons. The first-order valence-electron chi connectivity index (χ1n) is 14.5. The van der Waals surface area contributed by atoms with Crippen molar-refractivity contribution in [3.05, 3.63) is 12.7 Å². The predicted molar refractivity (Wildman–Crippen MR) is 147 cm³/mol. The molecular formula is C26H32N10O8. The Morgan fingerprint density at radius 2 is 1.02 bits per heavy atom. The number of ether oxygens (including phenoxy) is 4. The molecule has 4 N–H and O–H groups in total. The molecule has 0 aromatic carbocycles. The number of nitrogens with zero attached hydrogens (tertiary/aromatic N) is 6. The van der Waals surface area contributed by atoms with Gasteiger partial charge in [-0.1, -0.05) is 13.8 Å². The van der Waals surface area contributed by atoms with E-state index in [0.717, 1.165) is 0 Å². The smallest absolute Gasteiger partial charge is 0.369 e. The fourth-order valence-corrected chi connectivity index (χ4v) is 6.47. The van der Waals surface area contributed by atoms with Gasteiger partial charge in [0.2, 0.25) is 11.9 Å². The molecule has 2 aliphatic carbocycles. The van der Waals surface area contributed by atoms with Crippen molar-refractivity contribution in [2.24, 2.45) is 33.9 Å². The van der Waals surface area contributed by atoms with Crippen LogP contribution in [0.2, 0.25) is 0 Å². The van der Waals surface area contributed by atoms with Gasteiger partial charge in [0.15, 0.2) is 0 Å². The summed E-state index contributed by atoms with van der Waals surface area (Å²) in [6.45, 7) is 4.42. The second-order valence-electron chi connectivity index (χ2n) is 11.6. The topological polar surface area (TPSA) is 237 Å². The Morgan fingerprint density at radius 1 is 0.682 bits per heavy atom. The first kappa shape index (κ1) is 29.2. The highest BCUT2D eigenvalue weighted by molar-refractivity contribution is 6.63. The van der Waals surface area contributed by atoms with Crippen LogP contribution in [0.3, 0.4) is 0 Å². The highest BCUT2D eigenvalue weighted by atomic mass is 16.8. The van der Waals surface area contributed by atoms with Crippen molar-refractivity contribution in [3.63, 3.8) is 0 Å². The van der Waals surface area contributed by atoms with Crippen LogP contribution >= 0.6 is 0 Å². The van der Waals surface area contributed by atoms with Crippen LogP contribution in [0.25, 0.3) is 0 Å². The Balaban J connectivity index is 0.988. The lowest BCUT2D eigenvalue weighted by Crippen LogP contribution is -2.53. The normalized spacial score (nSPS) is 30.1. The van der Waals surface area contributed by atoms with Gasteiger partial charge in [0.1, 0.15) is 12.7 Å². The third kappa shape index (κ3) is 5.83. The minimum absolute atomic E-state index is 0.159. The zero-order valence-electron chi connectivity index (χ0n) is 24.1. The van der Waals surface area contributed by atoms with E-state index in [1.165, 1.54) is 12.7 Å². The molecule has 2 aromatic rings. The van der Waals surface area contributed by atoms with Gasteiger partial charge >= 0.3 is 23.9 Å². The van der Waals surface area contributed by atoms with Gasteiger partial charge in [-0.3, -0.25) is 0 Å². The lowest BCUT2D eigenvalue weighted by molar-refractivity contribution is -0.245. The molecule has 18 nitrogen and oxygen atoms in total. The molecule has 0 amide bonds. The Bertz CT molecular complexity index is 1300. The highest BCUT2D eigenvalue weighted by Crippen LogP contribution is 2.47. The van der Waals surface area contributed by atoms with Crippen LogP contribution < -0.4 is 10.9 Å². The van der Waals surface area contributed by atoms with E-state index >= 15 is 0 Å². The summed E-state index contributed by atoms with van der Waals surface area (Å²) in [5.74, 6) is -4.37. The lowest BCUT2D eigenvalue weighted by atomic mass is 9.67. The standard InChI is InChI=1S/C26H32N10O8/c1-13(15-3-7-25(8-4-15)41-19(37)17(20(38)42-25)31-35-23-27-11-29-33-23)14(2)16-5-9-26(10-6-16)43-21(39)18(22(40)44-26)32-36-24-28-12-30-34-24/h11-16H,3-10H2,1-2H3,(H2,27,29,33,35)(H2,28,30,34,36). The van der Waals surface area contributed by atoms with Gasteiger partial charge < -0.3 is 18.9 Å². The number of hydrogen-bond acceptors (Lipinski definition) is 16. The predicted octanol–water partition coefficient (Wildman–Crippen LogP) is 1.40. The van der Waals surface area contributed by atoms with Crippen LogP contribution in [-0.2, 0) is 38.1 Å². The number of nitrogens with one attached hydrogen (secondary N) is 4. The maximum Gasteiger partial charge on any atom is 0.369 e. The molecule has 4 fully saturated rings. The zero-order chi connectivity index (χ0) is 30.9. The number of aromatic nitrogens is 6. The average molecular weight is 613 g/mol. The van der Waals surface area contributed by atoms with Gasteiger partial charge in [0.25, 0.3) is 23.0 Å². The van der Waals surface area contributed by atoms with Gasteiger partial charge in [-0.2, -0.15) is 30.4 Å². The third-order valence-electron chi connectivity index (χ3n) is 9.17. The van der Waals surface area contributed by atoms with Crippen LogP contribution in [0.4, 0.5) is 11.9 Å². The van der Waals surface area contributed by atoms with Crippen molar-refractivity contribution in [1.82, 2.24) is 30.4 Å². The molecule has 2 atom stereocenters. The summed E-state index contributed by atoms with van der Waals surface area (Å²) >= 11 is 0. The summed E-state index contributed by atoms with van der Waals surface area (Å²) in [5.41, 5.74) is 3.90. The summed E-state index contributed by atoms with van der Waals surface area (Å²) in [6, 6.07) is 0. The quantitative estimate of drug-likeness (QED) is 0.255. The van der Waals surface area contributed by atoms with Crippen molar-refractivity contribution >= 4 is 47.2 Å². The molecule has 6 rings (SSSR count). The average Bonchev–Trinajstić information content (AvgIpc) is 3.71. The summed E-state index contributed by atoms with van der Waals surface area (Å²) < 4.78 is 22.4. The fraction of sp³-hybridized carbons (Fsp3) is 0.615. The van der Waals surface area contributed by atoms with E-state index in [1.54, 1.807) is 0 Å². The van der Waals surface area contributed by atoms with E-state index in [9.17, 15) is 19.2 Å². The van der Waals surface area contributed by atoms with Crippen molar-refractivity contribution in [2.75, 3.05) is 10.9 Å². The molecule has 18 heteroatoms. The summed E-state index contributed by atoms with van der Waals surface area (Å²) in [5, 5.41) is 19.8. The molecule has 0 radical (unpaired) electrons. The van der Waals surface area contributed by atoms with E-state index in [4.69, 9.17) is 18.9 Å². The Morgan fingerprint density at radius 3 is 1.32 bits per heavy atom. The van der Waals surface area contributed by atoms with Gasteiger partial charge in [-0.05, 0) is 49.4 Å². The van der Waals surface area contributed by atoms with Gasteiger partial charge in [-0.25, -0.2) is 40.2 Å². The van der Waals surface area contributed by atoms with Crippen molar-refractivity contribution in [3.8, 4) is 0 Å². The van der Waals surface area contributed by atoms with Gasteiger partial charge in [-0.15, -0.1) is 0 Å². The molecular weight excluding hydrogens is 580 g/mol. The minimum Gasteiger partial charge on any atom is -0.417 e. The van der Waals surface area contributed by atoms with Crippen molar-refractivity contribution in [2.45, 2.75) is 76.8 Å². The molecule has 2 saturated heterocycles. The van der Waals surface area contributed by atoms with Crippen molar-refractivity contribution < 1.29 is 38.1 Å². The van der Waals surface area contributed by atoms with Crippen molar-refractivity contribution in [1.29, 1.82) is 0 Å². The van der Waals surface area contributed by atoms with Crippen LogP contribution in [0, 0.1) is 23.7 Å². The second kappa shape index (κ2) is 11.6. The Hall–Kier alpha value is -4.90. The highest BCUT2D eigenvalue weighted by Gasteiger charge is 2.52. The van der Waals surface area contributed by atoms with Crippen LogP contribution in [0.5, 0.6) is 0 Å². The number of rotatable bonds is 7. The Labute approximate surface area is 250 Å². The van der Waals surface area contributed by atoms with Gasteiger partial charge in [0.05, 0.1) is 0 Å². The van der Waals surface area contributed by atoms with E-state index < -0.39 is 46.9 Å². The molecule has 2 unspecified atom stereocenters. The first-order chi connectivity index (χ1) is 21.2. The molecule has 2 spiro atoms. The van der Waals surface area contributed by atoms with Gasteiger partial charge in [0, 0.05) is 25.7 Å². The summed E-state index contributed by atoms with van der Waals surface area (Å²) in [4.78, 5) is 58.1. The van der Waals surface area contributed by atoms with E-state index in [0.29, 0.717) is 75.0 Å². The zero-order valence-corrected chi connectivity index (χ0v) is 24.1. The van der Waals surface area contributed by atoms with Crippen LogP contribution in [0.15, 0.2) is 22.9 Å². The molecule has 2 aromatic heterocycles. The maximum absolute atomic E-state index is 12.6. The second-order valence-corrected chi connectivity index (χ2v) is 11.6. The number of esters is 4. The van der Waals surface area contributed by atoms with E-state index in [2.05, 4.69) is 65.3 Å². The number of carbonyl (C=O) groups is 4. The number of aromatic amines is 2. The molecule has 2 saturated carbocycles. The monoisotopic (exact) mass is 612 g/mol. The van der Waals surface area contributed by atoms with Crippen LogP contribution in [0.1, 0.15) is 65.2 Å². The van der Waals surface area contributed by atoms with E-state index in [1.807, 2.05) is 0 Å². The molecule has 4 heterocycles.